The molecule has 0 bridgehead atoms. The number of nitrogens with zero attached hydrogens (tertiary/aromatic N) is 2. The number of rotatable bonds is 9. The molecule has 8 nitrogen and oxygen atoms in total. The molecule has 2 heterocycles. The highest BCUT2D eigenvalue weighted by Gasteiger charge is 2.37. The summed E-state index contributed by atoms with van der Waals surface area (Å²) in [6.45, 7) is 0.251. The van der Waals surface area contributed by atoms with Crippen molar-refractivity contribution in [2.24, 2.45) is 0 Å². The summed E-state index contributed by atoms with van der Waals surface area (Å²) < 4.78 is 18.1. The summed E-state index contributed by atoms with van der Waals surface area (Å²) in [6.07, 6.45) is 5.02. The van der Waals surface area contributed by atoms with Crippen LogP contribution in [0.25, 0.3) is 0 Å². The van der Waals surface area contributed by atoms with Gasteiger partial charge in [-0.15, -0.1) is 11.3 Å². The van der Waals surface area contributed by atoms with Crippen LogP contribution in [0.1, 0.15) is 68.7 Å². The summed E-state index contributed by atoms with van der Waals surface area (Å²) in [5.74, 6) is -1.95. The van der Waals surface area contributed by atoms with Gasteiger partial charge in [-0.1, -0.05) is 55.7 Å². The third kappa shape index (κ3) is 6.63. The summed E-state index contributed by atoms with van der Waals surface area (Å²) in [4.78, 5) is 42.9. The molecule has 1 aliphatic rings. The van der Waals surface area contributed by atoms with E-state index in [2.05, 4.69) is 15.0 Å². The van der Waals surface area contributed by atoms with Gasteiger partial charge in [0.05, 0.1) is 5.69 Å². The Morgan fingerprint density at radius 2 is 1.73 bits per heavy atom. The normalized spacial score (nSPS) is 14.3. The van der Waals surface area contributed by atoms with Gasteiger partial charge in [0.15, 0.2) is 11.7 Å². The van der Waals surface area contributed by atoms with Gasteiger partial charge < -0.3 is 16.4 Å². The number of hydrogen-bond acceptors (Lipinski definition) is 7. The van der Waals surface area contributed by atoms with E-state index in [0.29, 0.717) is 10.6 Å². The molecule has 1 saturated carbocycles. The number of nitrogens with two attached hydrogens (primary N) is 1. The molecule has 4 aromatic rings. The lowest BCUT2D eigenvalue weighted by molar-refractivity contribution is -0.122. The minimum absolute atomic E-state index is 0.0100. The van der Waals surface area contributed by atoms with Gasteiger partial charge in [-0.3, -0.25) is 19.3 Å². The number of amides is 3. The minimum Gasteiger partial charge on any atom is -0.395 e. The molecular formula is C30H30FN5O3S2. The van der Waals surface area contributed by atoms with E-state index in [-0.39, 0.29) is 28.8 Å². The van der Waals surface area contributed by atoms with Crippen LogP contribution >= 0.6 is 22.9 Å². The molecule has 0 spiro atoms. The van der Waals surface area contributed by atoms with Crippen LogP contribution in [0.4, 0.5) is 15.8 Å². The van der Waals surface area contributed by atoms with E-state index in [9.17, 15) is 18.8 Å². The van der Waals surface area contributed by atoms with Crippen molar-refractivity contribution in [1.29, 1.82) is 0 Å². The van der Waals surface area contributed by atoms with E-state index >= 15 is 0 Å². The molecule has 0 saturated heterocycles. The highest BCUT2D eigenvalue weighted by atomic mass is 32.1. The Hall–Kier alpha value is -4.09. The lowest BCUT2D eigenvalue weighted by atomic mass is 9.95. The zero-order valence-electron chi connectivity index (χ0n) is 22.2. The fourth-order valence-corrected chi connectivity index (χ4v) is 6.46. The lowest BCUT2D eigenvalue weighted by Gasteiger charge is -2.30. The Kier molecular flexibility index (Phi) is 9.05. The first-order valence-corrected chi connectivity index (χ1v) is 15.1. The predicted molar refractivity (Wildman–Crippen MR) is 159 cm³/mol. The molecule has 212 valence electrons. The van der Waals surface area contributed by atoms with Crippen molar-refractivity contribution in [3.63, 3.8) is 0 Å². The maximum absolute atomic E-state index is 14.2. The molecule has 2 aromatic carbocycles. The van der Waals surface area contributed by atoms with Crippen LogP contribution in [0.3, 0.4) is 0 Å². The molecule has 1 fully saturated rings. The van der Waals surface area contributed by atoms with Crippen molar-refractivity contribution >= 4 is 52.0 Å². The topological polar surface area (TPSA) is 117 Å². The van der Waals surface area contributed by atoms with Crippen molar-refractivity contribution < 1.29 is 18.8 Å². The van der Waals surface area contributed by atoms with E-state index in [0.717, 1.165) is 49.2 Å². The van der Waals surface area contributed by atoms with Crippen molar-refractivity contribution in [2.45, 2.75) is 50.7 Å². The number of nitrogen functional groups attached to an aromatic ring is 1. The second-order valence-electron chi connectivity index (χ2n) is 9.86. The minimum atomic E-state index is -1.09. The van der Waals surface area contributed by atoms with Gasteiger partial charge in [0, 0.05) is 23.2 Å². The standard InChI is InChI=1S/C30H30FN5O3S2/c31-20-13-15-22(16-14-20)36(26(23-12-7-17-40-23)29(38)33-18-19-8-3-1-4-9-19)30(39)27-24(32)25(35-41-27)28(37)34-21-10-5-2-6-11-21/h1,3-4,7-9,12-17,21,26H,2,5-6,10-11,18,32H2,(H,33,38)(H,34,37)/t26-/m1/s1. The number of thiophene rings is 1. The zero-order valence-corrected chi connectivity index (χ0v) is 23.8. The molecule has 2 aromatic heterocycles. The van der Waals surface area contributed by atoms with Gasteiger partial charge in [-0.2, -0.15) is 4.37 Å². The number of carbonyl (C=O) groups excluding carboxylic acids is 3. The average molecular weight is 592 g/mol. The number of anilines is 2. The largest absolute Gasteiger partial charge is 0.395 e. The highest BCUT2D eigenvalue weighted by molar-refractivity contribution is 7.10. The number of hydrogen-bond donors (Lipinski definition) is 3. The van der Waals surface area contributed by atoms with Gasteiger partial charge in [-0.25, -0.2) is 4.39 Å². The second kappa shape index (κ2) is 13.0. The number of carbonyl (C=O) groups is 3. The number of halogens is 1. The van der Waals surface area contributed by atoms with Crippen molar-refractivity contribution in [3.05, 3.63) is 98.9 Å². The number of benzene rings is 2. The van der Waals surface area contributed by atoms with Crippen LogP contribution in [0.2, 0.25) is 0 Å². The summed E-state index contributed by atoms with van der Waals surface area (Å²) in [5, 5.41) is 7.73. The van der Waals surface area contributed by atoms with Crippen molar-refractivity contribution in [1.82, 2.24) is 15.0 Å². The molecule has 0 radical (unpaired) electrons. The van der Waals surface area contributed by atoms with Crippen LogP contribution in [0, 0.1) is 5.82 Å². The van der Waals surface area contributed by atoms with Crippen LogP contribution in [-0.2, 0) is 11.3 Å². The van der Waals surface area contributed by atoms with E-state index in [1.54, 1.807) is 12.1 Å². The average Bonchev–Trinajstić information content (AvgIpc) is 3.66. The van der Waals surface area contributed by atoms with E-state index in [1.807, 2.05) is 35.7 Å². The van der Waals surface area contributed by atoms with E-state index < -0.39 is 29.6 Å². The van der Waals surface area contributed by atoms with Crippen LogP contribution in [0.15, 0.2) is 72.1 Å². The monoisotopic (exact) mass is 591 g/mol. The maximum atomic E-state index is 14.2. The van der Waals surface area contributed by atoms with Crippen molar-refractivity contribution in [2.75, 3.05) is 10.6 Å². The molecule has 3 amide bonds. The summed E-state index contributed by atoms with van der Waals surface area (Å²) in [6, 6.07) is 17.3. The highest BCUT2D eigenvalue weighted by Crippen LogP contribution is 2.35. The first-order chi connectivity index (χ1) is 19.9. The first-order valence-electron chi connectivity index (χ1n) is 13.4. The summed E-state index contributed by atoms with van der Waals surface area (Å²) in [5.41, 5.74) is 7.50. The maximum Gasteiger partial charge on any atom is 0.273 e. The Labute approximate surface area is 245 Å². The number of nitrogens with one attached hydrogen (secondary N) is 2. The van der Waals surface area contributed by atoms with Crippen LogP contribution in [-0.4, -0.2) is 28.1 Å². The fourth-order valence-electron chi connectivity index (χ4n) is 4.91. The summed E-state index contributed by atoms with van der Waals surface area (Å²) in [7, 11) is 0. The fraction of sp³-hybridized carbons (Fsp3) is 0.267. The molecule has 11 heteroatoms. The molecule has 1 aliphatic carbocycles. The van der Waals surface area contributed by atoms with Crippen molar-refractivity contribution in [3.8, 4) is 0 Å². The Balaban J connectivity index is 1.48. The molecule has 1 atom stereocenters. The quantitative estimate of drug-likeness (QED) is 0.231. The van der Waals surface area contributed by atoms with E-state index in [4.69, 9.17) is 5.73 Å². The molecule has 0 unspecified atom stereocenters. The molecule has 41 heavy (non-hydrogen) atoms. The Bertz CT molecular complexity index is 1490. The Morgan fingerprint density at radius 1 is 1.00 bits per heavy atom. The van der Waals surface area contributed by atoms with Gasteiger partial charge >= 0.3 is 0 Å². The SMILES string of the molecule is Nc1c(C(=O)NC2CCCCC2)nsc1C(=O)N(c1ccc(F)cc1)[C@@H](C(=O)NCc1ccccc1)c1cccs1. The van der Waals surface area contributed by atoms with Gasteiger partial charge in [0.25, 0.3) is 11.8 Å². The van der Waals surface area contributed by atoms with Crippen LogP contribution < -0.4 is 21.3 Å². The Morgan fingerprint density at radius 3 is 2.41 bits per heavy atom. The smallest absolute Gasteiger partial charge is 0.273 e. The second-order valence-corrected chi connectivity index (χ2v) is 11.6. The van der Waals surface area contributed by atoms with Crippen LogP contribution in [0.5, 0.6) is 0 Å². The molecule has 4 N–H and O–H groups in total. The number of aromatic nitrogens is 1. The summed E-state index contributed by atoms with van der Waals surface area (Å²) >= 11 is 2.13. The molecular weight excluding hydrogens is 561 g/mol. The first kappa shape index (κ1) is 28.4. The van der Waals surface area contributed by atoms with Gasteiger partial charge in [0.2, 0.25) is 5.91 Å². The zero-order chi connectivity index (χ0) is 28.8. The molecule has 5 rings (SSSR count). The third-order valence-electron chi connectivity index (χ3n) is 7.03. The third-order valence-corrected chi connectivity index (χ3v) is 8.81. The predicted octanol–water partition coefficient (Wildman–Crippen LogP) is 5.69. The molecule has 0 aliphatic heterocycles. The van der Waals surface area contributed by atoms with Gasteiger partial charge in [0.1, 0.15) is 10.7 Å². The van der Waals surface area contributed by atoms with E-state index in [1.165, 1.54) is 40.5 Å². The van der Waals surface area contributed by atoms with Gasteiger partial charge in [-0.05, 0) is 65.6 Å². The lowest BCUT2D eigenvalue weighted by Crippen LogP contribution is -2.43.